The maximum Gasteiger partial charge on any atom is 0.315 e. The summed E-state index contributed by atoms with van der Waals surface area (Å²) in [6.45, 7) is 1.92. The van der Waals surface area contributed by atoms with Gasteiger partial charge in [0.2, 0.25) is 0 Å². The molecule has 6 nitrogen and oxygen atoms in total. The van der Waals surface area contributed by atoms with Crippen molar-refractivity contribution in [2.24, 2.45) is 5.92 Å². The Balaban J connectivity index is 2.23. The van der Waals surface area contributed by atoms with Gasteiger partial charge in [-0.05, 0) is 32.1 Å². The van der Waals surface area contributed by atoms with E-state index in [1.165, 1.54) is 0 Å². The van der Waals surface area contributed by atoms with Gasteiger partial charge in [-0.2, -0.15) is 0 Å². The molecule has 1 rings (SSSR count). The van der Waals surface area contributed by atoms with E-state index in [1.807, 2.05) is 0 Å². The Kier molecular flexibility index (Phi) is 5.91. The van der Waals surface area contributed by atoms with Crippen molar-refractivity contribution in [2.75, 3.05) is 6.54 Å². The zero-order valence-electron chi connectivity index (χ0n) is 10.7. The van der Waals surface area contributed by atoms with E-state index in [1.54, 1.807) is 6.92 Å². The van der Waals surface area contributed by atoms with E-state index in [4.69, 9.17) is 5.11 Å². The molecule has 1 aliphatic rings. The van der Waals surface area contributed by atoms with Gasteiger partial charge in [-0.25, -0.2) is 4.79 Å². The van der Waals surface area contributed by atoms with Crippen LogP contribution in [-0.2, 0) is 4.79 Å². The van der Waals surface area contributed by atoms with Crippen molar-refractivity contribution in [3.63, 3.8) is 0 Å². The smallest absolute Gasteiger partial charge is 0.315 e. The Hall–Kier alpha value is -1.30. The minimum absolute atomic E-state index is 0.0818. The van der Waals surface area contributed by atoms with E-state index in [0.717, 1.165) is 12.8 Å². The zero-order chi connectivity index (χ0) is 13.5. The molecule has 0 radical (unpaired) electrons. The number of urea groups is 1. The summed E-state index contributed by atoms with van der Waals surface area (Å²) in [5, 5.41) is 23.6. The van der Waals surface area contributed by atoms with Crippen LogP contribution < -0.4 is 10.6 Å². The van der Waals surface area contributed by atoms with Crippen LogP contribution in [0.5, 0.6) is 0 Å². The number of rotatable bonds is 5. The van der Waals surface area contributed by atoms with Gasteiger partial charge in [-0.1, -0.05) is 6.92 Å². The fourth-order valence-corrected chi connectivity index (χ4v) is 2.08. The number of carboxylic acids is 1. The maximum atomic E-state index is 11.6. The van der Waals surface area contributed by atoms with Crippen LogP contribution >= 0.6 is 0 Å². The number of aliphatic carboxylic acids is 1. The Morgan fingerprint density at radius 2 is 1.89 bits per heavy atom. The molecule has 0 bridgehead atoms. The molecule has 0 aromatic carbocycles. The van der Waals surface area contributed by atoms with Gasteiger partial charge in [0.1, 0.15) is 0 Å². The second-order valence-corrected chi connectivity index (χ2v) is 4.80. The molecule has 1 saturated carbocycles. The molecule has 18 heavy (non-hydrogen) atoms. The Morgan fingerprint density at radius 1 is 1.28 bits per heavy atom. The highest BCUT2D eigenvalue weighted by atomic mass is 16.4. The number of nitrogens with one attached hydrogen (secondary N) is 2. The lowest BCUT2D eigenvalue weighted by molar-refractivity contribution is -0.141. The first kappa shape index (κ1) is 14.8. The van der Waals surface area contributed by atoms with Crippen molar-refractivity contribution in [1.29, 1.82) is 0 Å². The van der Waals surface area contributed by atoms with Crippen molar-refractivity contribution in [1.82, 2.24) is 10.6 Å². The summed E-state index contributed by atoms with van der Waals surface area (Å²) < 4.78 is 0. The summed E-state index contributed by atoms with van der Waals surface area (Å²) in [5.41, 5.74) is 0. The van der Waals surface area contributed by atoms with E-state index in [9.17, 15) is 14.7 Å². The molecule has 1 unspecified atom stereocenters. The molecule has 0 aliphatic heterocycles. The first-order valence-corrected chi connectivity index (χ1v) is 6.48. The van der Waals surface area contributed by atoms with Crippen LogP contribution in [0, 0.1) is 5.92 Å². The van der Waals surface area contributed by atoms with E-state index >= 15 is 0 Å². The molecule has 0 aromatic heterocycles. The highest BCUT2D eigenvalue weighted by molar-refractivity contribution is 5.76. The molecule has 1 fully saturated rings. The van der Waals surface area contributed by atoms with Gasteiger partial charge in [-0.15, -0.1) is 0 Å². The predicted molar refractivity (Wildman–Crippen MR) is 66.2 cm³/mol. The molecule has 4 N–H and O–H groups in total. The number of carbonyl (C=O) groups excluding carboxylic acids is 1. The molecule has 104 valence electrons. The van der Waals surface area contributed by atoms with Crippen LogP contribution in [0.2, 0.25) is 0 Å². The lowest BCUT2D eigenvalue weighted by Gasteiger charge is -2.26. The van der Waals surface area contributed by atoms with Gasteiger partial charge < -0.3 is 20.8 Å². The summed E-state index contributed by atoms with van der Waals surface area (Å²) in [7, 11) is 0. The number of hydrogen-bond donors (Lipinski definition) is 4. The van der Waals surface area contributed by atoms with E-state index in [2.05, 4.69) is 10.6 Å². The molecule has 0 saturated heterocycles. The van der Waals surface area contributed by atoms with Gasteiger partial charge in [0.25, 0.3) is 0 Å². The third kappa shape index (κ3) is 4.91. The SMILES string of the molecule is CCC(CNC(=O)NC1CCC(O)CC1)C(=O)O. The largest absolute Gasteiger partial charge is 0.481 e. The zero-order valence-corrected chi connectivity index (χ0v) is 10.7. The van der Waals surface area contributed by atoms with Gasteiger partial charge in [0.15, 0.2) is 0 Å². The number of amides is 2. The highest BCUT2D eigenvalue weighted by Crippen LogP contribution is 2.18. The first-order valence-electron chi connectivity index (χ1n) is 6.48. The second kappa shape index (κ2) is 7.20. The van der Waals surface area contributed by atoms with Crippen LogP contribution in [-0.4, -0.2) is 40.9 Å². The summed E-state index contributed by atoms with van der Waals surface area (Å²) >= 11 is 0. The van der Waals surface area contributed by atoms with Crippen molar-refractivity contribution in [3.05, 3.63) is 0 Å². The summed E-state index contributed by atoms with van der Waals surface area (Å²) in [5.74, 6) is -1.43. The van der Waals surface area contributed by atoms with Crippen LogP contribution in [0.25, 0.3) is 0 Å². The Bertz CT molecular complexity index is 288. The monoisotopic (exact) mass is 258 g/mol. The van der Waals surface area contributed by atoms with E-state index < -0.39 is 11.9 Å². The predicted octanol–water partition coefficient (Wildman–Crippen LogP) is 0.700. The van der Waals surface area contributed by atoms with Crippen LogP contribution in [0.4, 0.5) is 4.79 Å². The molecule has 1 aliphatic carbocycles. The number of carboxylic acid groups (broad SMARTS) is 1. The molecule has 0 aromatic rings. The number of aliphatic hydroxyl groups is 1. The maximum absolute atomic E-state index is 11.6. The van der Waals surface area contributed by atoms with Crippen molar-refractivity contribution in [3.8, 4) is 0 Å². The van der Waals surface area contributed by atoms with Gasteiger partial charge in [0, 0.05) is 12.6 Å². The quantitative estimate of drug-likeness (QED) is 0.583. The molecule has 0 spiro atoms. The summed E-state index contributed by atoms with van der Waals surface area (Å²) in [6, 6.07) is -0.241. The van der Waals surface area contributed by atoms with Crippen molar-refractivity contribution < 1.29 is 19.8 Å². The fraction of sp³-hybridized carbons (Fsp3) is 0.833. The normalized spacial score (nSPS) is 25.2. The standard InChI is InChI=1S/C12H22N2O4/c1-2-8(11(16)17)7-13-12(18)14-9-3-5-10(15)6-4-9/h8-10,15H,2-7H2,1H3,(H,16,17)(H2,13,14,18). The molecular weight excluding hydrogens is 236 g/mol. The fourth-order valence-electron chi connectivity index (χ4n) is 2.08. The molecule has 2 amide bonds. The van der Waals surface area contributed by atoms with Crippen molar-refractivity contribution >= 4 is 12.0 Å². The molecule has 1 atom stereocenters. The van der Waals surface area contributed by atoms with Gasteiger partial charge in [-0.3, -0.25) is 4.79 Å². The van der Waals surface area contributed by atoms with Crippen LogP contribution in [0.3, 0.4) is 0 Å². The number of hydrogen-bond acceptors (Lipinski definition) is 3. The van der Waals surface area contributed by atoms with Gasteiger partial charge >= 0.3 is 12.0 Å². The van der Waals surface area contributed by atoms with E-state index in [0.29, 0.717) is 19.3 Å². The number of aliphatic hydroxyl groups excluding tert-OH is 1. The van der Waals surface area contributed by atoms with Crippen LogP contribution in [0.1, 0.15) is 39.0 Å². The summed E-state index contributed by atoms with van der Waals surface area (Å²) in [6.07, 6.45) is 3.19. The average molecular weight is 258 g/mol. The summed E-state index contributed by atoms with van der Waals surface area (Å²) in [4.78, 5) is 22.3. The third-order valence-corrected chi connectivity index (χ3v) is 3.38. The first-order chi connectivity index (χ1) is 8.52. The third-order valence-electron chi connectivity index (χ3n) is 3.38. The van der Waals surface area contributed by atoms with Gasteiger partial charge in [0.05, 0.1) is 12.0 Å². The van der Waals surface area contributed by atoms with Crippen LogP contribution in [0.15, 0.2) is 0 Å². The van der Waals surface area contributed by atoms with E-state index in [-0.39, 0.29) is 24.7 Å². The van der Waals surface area contributed by atoms with Crippen molar-refractivity contribution in [2.45, 2.75) is 51.2 Å². The lowest BCUT2D eigenvalue weighted by Crippen LogP contribution is -2.46. The second-order valence-electron chi connectivity index (χ2n) is 4.80. The molecule has 0 heterocycles. The number of carbonyl (C=O) groups is 2. The Labute approximate surface area is 107 Å². The molecule has 6 heteroatoms. The molecular formula is C12H22N2O4. The highest BCUT2D eigenvalue weighted by Gasteiger charge is 2.21. The lowest BCUT2D eigenvalue weighted by atomic mass is 9.93. The Morgan fingerprint density at radius 3 is 2.39 bits per heavy atom. The minimum Gasteiger partial charge on any atom is -0.481 e. The minimum atomic E-state index is -0.890. The topological polar surface area (TPSA) is 98.7 Å². The average Bonchev–Trinajstić information content (AvgIpc) is 2.32.